The number of ether oxygens (including phenoxy) is 1. The molecule has 14 heavy (non-hydrogen) atoms. The van der Waals surface area contributed by atoms with Gasteiger partial charge >= 0.3 is 0 Å². The zero-order valence-electron chi connectivity index (χ0n) is 9.55. The van der Waals surface area contributed by atoms with Crippen LogP contribution in [0.25, 0.3) is 0 Å². The van der Waals surface area contributed by atoms with Crippen LogP contribution in [-0.2, 0) is 4.74 Å². The van der Waals surface area contributed by atoms with Crippen molar-refractivity contribution in [3.05, 3.63) is 22.7 Å². The lowest BCUT2D eigenvalue weighted by molar-refractivity contribution is 0.206. The molecule has 0 atom stereocenters. The van der Waals surface area contributed by atoms with Crippen LogP contribution in [0.4, 0.5) is 0 Å². The molecule has 2 heteroatoms. The first-order chi connectivity index (χ1) is 6.57. The van der Waals surface area contributed by atoms with E-state index in [1.165, 1.54) is 0 Å². The highest BCUT2D eigenvalue weighted by molar-refractivity contribution is 5.38. The quantitative estimate of drug-likeness (QED) is 0.747. The van der Waals surface area contributed by atoms with Gasteiger partial charge in [-0.1, -0.05) is 13.8 Å². The molecule has 0 heterocycles. The Bertz CT molecular complexity index is 268. The average molecular weight is 196 g/mol. The van der Waals surface area contributed by atoms with Crippen molar-refractivity contribution in [1.29, 1.82) is 0 Å². The molecule has 0 aromatic heterocycles. The minimum absolute atomic E-state index is 0.366. The molecule has 2 nitrogen and oxygen atoms in total. The van der Waals surface area contributed by atoms with E-state index in [9.17, 15) is 5.11 Å². The Morgan fingerprint density at radius 3 is 2.50 bits per heavy atom. The predicted molar refractivity (Wildman–Crippen MR) is 58.1 cm³/mol. The van der Waals surface area contributed by atoms with Gasteiger partial charge in [-0.25, -0.2) is 0 Å². The van der Waals surface area contributed by atoms with Crippen molar-refractivity contribution in [3.63, 3.8) is 0 Å². The van der Waals surface area contributed by atoms with Gasteiger partial charge in [0.05, 0.1) is 18.1 Å². The second kappa shape index (κ2) is 4.54. The summed E-state index contributed by atoms with van der Waals surface area (Å²) < 4.78 is 5.56. The Labute approximate surface area is 86.3 Å². The fourth-order valence-electron chi connectivity index (χ4n) is 2.04. The Balaban J connectivity index is 2.99. The molecule has 0 aromatic carbocycles. The molecule has 0 bridgehead atoms. The number of allylic oxidation sites excluding steroid dienone is 4. The van der Waals surface area contributed by atoms with E-state index in [0.717, 1.165) is 29.7 Å². The number of aliphatic hydroxyl groups is 1. The Morgan fingerprint density at radius 2 is 2.00 bits per heavy atom. The van der Waals surface area contributed by atoms with Crippen LogP contribution in [0.3, 0.4) is 0 Å². The fraction of sp³-hybridized carbons (Fsp3) is 0.667. The highest BCUT2D eigenvalue weighted by Crippen LogP contribution is 2.33. The Hall–Kier alpha value is -0.920. The summed E-state index contributed by atoms with van der Waals surface area (Å²) in [6, 6.07) is 0. The van der Waals surface area contributed by atoms with Gasteiger partial charge in [-0.2, -0.15) is 0 Å². The number of aliphatic hydroxyl groups excluding tert-OH is 1. The molecule has 0 spiro atoms. The summed E-state index contributed by atoms with van der Waals surface area (Å²) in [5, 5.41) is 9.79. The SMILES string of the molecule is CCOC1=C(C)C(C(C)C)=C(O)CC1. The molecular weight excluding hydrogens is 176 g/mol. The van der Waals surface area contributed by atoms with Gasteiger partial charge in [0, 0.05) is 12.8 Å². The summed E-state index contributed by atoms with van der Waals surface area (Å²) in [5.41, 5.74) is 2.20. The maximum atomic E-state index is 9.79. The van der Waals surface area contributed by atoms with Crippen molar-refractivity contribution in [2.45, 2.75) is 40.5 Å². The van der Waals surface area contributed by atoms with Crippen molar-refractivity contribution in [2.24, 2.45) is 5.92 Å². The summed E-state index contributed by atoms with van der Waals surface area (Å²) in [4.78, 5) is 0. The minimum atomic E-state index is 0.366. The van der Waals surface area contributed by atoms with Crippen molar-refractivity contribution in [1.82, 2.24) is 0 Å². The summed E-state index contributed by atoms with van der Waals surface area (Å²) in [6.07, 6.45) is 1.56. The Kier molecular flexibility index (Phi) is 3.62. The second-order valence-corrected chi connectivity index (χ2v) is 4.00. The molecule has 0 aliphatic heterocycles. The number of hydrogen-bond acceptors (Lipinski definition) is 2. The number of hydrogen-bond donors (Lipinski definition) is 1. The highest BCUT2D eigenvalue weighted by atomic mass is 16.5. The van der Waals surface area contributed by atoms with Crippen LogP contribution in [0.5, 0.6) is 0 Å². The van der Waals surface area contributed by atoms with E-state index in [1.807, 2.05) is 13.8 Å². The van der Waals surface area contributed by atoms with Gasteiger partial charge in [-0.05, 0) is 30.9 Å². The number of rotatable bonds is 3. The highest BCUT2D eigenvalue weighted by Gasteiger charge is 2.21. The van der Waals surface area contributed by atoms with Crippen LogP contribution < -0.4 is 0 Å². The van der Waals surface area contributed by atoms with Gasteiger partial charge in [0.1, 0.15) is 0 Å². The second-order valence-electron chi connectivity index (χ2n) is 4.00. The van der Waals surface area contributed by atoms with E-state index in [1.54, 1.807) is 0 Å². The van der Waals surface area contributed by atoms with Crippen molar-refractivity contribution in [3.8, 4) is 0 Å². The van der Waals surface area contributed by atoms with Crippen LogP contribution in [0.1, 0.15) is 40.5 Å². The first kappa shape index (κ1) is 11.2. The summed E-state index contributed by atoms with van der Waals surface area (Å²) in [6.45, 7) is 8.94. The molecular formula is C12H20O2. The van der Waals surface area contributed by atoms with Crippen molar-refractivity contribution < 1.29 is 9.84 Å². The van der Waals surface area contributed by atoms with E-state index in [2.05, 4.69) is 13.8 Å². The first-order valence-corrected chi connectivity index (χ1v) is 5.32. The van der Waals surface area contributed by atoms with Crippen molar-refractivity contribution in [2.75, 3.05) is 6.61 Å². The fourth-order valence-corrected chi connectivity index (χ4v) is 2.04. The van der Waals surface area contributed by atoms with Crippen LogP contribution >= 0.6 is 0 Å². The third kappa shape index (κ3) is 2.11. The van der Waals surface area contributed by atoms with Crippen LogP contribution in [0.2, 0.25) is 0 Å². The van der Waals surface area contributed by atoms with E-state index in [0.29, 0.717) is 18.3 Å². The molecule has 0 radical (unpaired) electrons. The molecule has 0 amide bonds. The van der Waals surface area contributed by atoms with Crippen LogP contribution in [0, 0.1) is 5.92 Å². The van der Waals surface area contributed by atoms with Gasteiger partial charge in [0.15, 0.2) is 0 Å². The zero-order chi connectivity index (χ0) is 10.7. The van der Waals surface area contributed by atoms with Gasteiger partial charge < -0.3 is 9.84 Å². The first-order valence-electron chi connectivity index (χ1n) is 5.32. The predicted octanol–water partition coefficient (Wildman–Crippen LogP) is 3.56. The lowest BCUT2D eigenvalue weighted by atomic mass is 9.88. The molecule has 0 saturated carbocycles. The van der Waals surface area contributed by atoms with Gasteiger partial charge in [0.2, 0.25) is 0 Å². The molecule has 1 aliphatic rings. The van der Waals surface area contributed by atoms with Crippen molar-refractivity contribution >= 4 is 0 Å². The smallest absolute Gasteiger partial charge is 0.0997 e. The Morgan fingerprint density at radius 1 is 1.36 bits per heavy atom. The molecule has 0 unspecified atom stereocenters. The van der Waals surface area contributed by atoms with Crippen LogP contribution in [-0.4, -0.2) is 11.7 Å². The zero-order valence-corrected chi connectivity index (χ0v) is 9.55. The molecule has 1 rings (SSSR count). The largest absolute Gasteiger partial charge is 0.512 e. The van der Waals surface area contributed by atoms with E-state index in [-0.39, 0.29) is 0 Å². The van der Waals surface area contributed by atoms with Crippen LogP contribution in [0.15, 0.2) is 22.7 Å². The van der Waals surface area contributed by atoms with Gasteiger partial charge in [-0.15, -0.1) is 0 Å². The molecule has 0 fully saturated rings. The lowest BCUT2D eigenvalue weighted by Gasteiger charge is -2.23. The molecule has 1 aliphatic carbocycles. The van der Waals surface area contributed by atoms with Gasteiger partial charge in [-0.3, -0.25) is 0 Å². The topological polar surface area (TPSA) is 29.5 Å². The summed E-state index contributed by atoms with van der Waals surface area (Å²) in [5.74, 6) is 1.96. The maximum Gasteiger partial charge on any atom is 0.0997 e. The van der Waals surface area contributed by atoms with Gasteiger partial charge in [0.25, 0.3) is 0 Å². The monoisotopic (exact) mass is 196 g/mol. The van der Waals surface area contributed by atoms with E-state index >= 15 is 0 Å². The van der Waals surface area contributed by atoms with E-state index < -0.39 is 0 Å². The third-order valence-electron chi connectivity index (χ3n) is 2.62. The van der Waals surface area contributed by atoms with E-state index in [4.69, 9.17) is 4.74 Å². The standard InChI is InChI=1S/C12H20O2/c1-5-14-11-7-6-10(13)12(8(2)3)9(11)4/h8,13H,5-7H2,1-4H3. The lowest BCUT2D eigenvalue weighted by Crippen LogP contribution is -2.10. The molecule has 0 saturated heterocycles. The summed E-state index contributed by atoms with van der Waals surface area (Å²) in [7, 11) is 0. The molecule has 0 aromatic rings. The molecule has 1 N–H and O–H groups in total. The average Bonchev–Trinajstić information content (AvgIpc) is 2.10. The minimum Gasteiger partial charge on any atom is -0.512 e. The molecule has 80 valence electrons. The summed E-state index contributed by atoms with van der Waals surface area (Å²) >= 11 is 0. The third-order valence-corrected chi connectivity index (χ3v) is 2.62. The maximum absolute atomic E-state index is 9.79. The normalized spacial score (nSPS) is 18.1.